The fraction of sp³-hybridized carbons (Fsp3) is 0.105. The monoisotopic (exact) mass is 288 g/mol. The van der Waals surface area contributed by atoms with Gasteiger partial charge in [-0.3, -0.25) is 4.79 Å². The average Bonchev–Trinajstić information content (AvgIpc) is 2.95. The number of hydrogen-bond donors (Lipinski definition) is 1. The van der Waals surface area contributed by atoms with E-state index in [1.54, 1.807) is 0 Å². The molecule has 0 spiro atoms. The molecule has 0 radical (unpaired) electrons. The Morgan fingerprint density at radius 3 is 2.45 bits per heavy atom. The fourth-order valence-electron chi connectivity index (χ4n) is 3.14. The van der Waals surface area contributed by atoms with E-state index in [-0.39, 0.29) is 5.56 Å². The van der Waals surface area contributed by atoms with Crippen molar-refractivity contribution in [3.05, 3.63) is 76.2 Å². The van der Waals surface area contributed by atoms with Crippen molar-refractivity contribution in [3.63, 3.8) is 0 Å². The van der Waals surface area contributed by atoms with Crippen LogP contribution in [0.2, 0.25) is 0 Å². The third-order valence-corrected chi connectivity index (χ3v) is 4.27. The average molecular weight is 288 g/mol. The molecule has 0 aliphatic carbocycles. The summed E-state index contributed by atoms with van der Waals surface area (Å²) in [6.07, 6.45) is 1.98. The van der Waals surface area contributed by atoms with Crippen LogP contribution in [0.15, 0.2) is 59.5 Å². The van der Waals surface area contributed by atoms with E-state index >= 15 is 0 Å². The first-order valence-corrected chi connectivity index (χ1v) is 7.35. The molecule has 108 valence electrons. The third-order valence-electron chi connectivity index (χ3n) is 4.27. The Morgan fingerprint density at radius 2 is 1.64 bits per heavy atom. The van der Waals surface area contributed by atoms with Crippen molar-refractivity contribution in [2.75, 3.05) is 0 Å². The number of fused-ring (bicyclic) bond motifs is 3. The van der Waals surface area contributed by atoms with Gasteiger partial charge in [0, 0.05) is 17.3 Å². The maximum absolute atomic E-state index is 12.4. The van der Waals surface area contributed by atoms with Crippen molar-refractivity contribution in [1.29, 1.82) is 0 Å². The van der Waals surface area contributed by atoms with Crippen molar-refractivity contribution in [3.8, 4) is 5.69 Å². The van der Waals surface area contributed by atoms with Crippen LogP contribution in [0, 0.1) is 13.8 Å². The molecule has 2 aromatic carbocycles. The molecule has 0 bridgehead atoms. The molecule has 3 nitrogen and oxygen atoms in total. The molecular formula is C19H16N2O. The summed E-state index contributed by atoms with van der Waals surface area (Å²) in [5.74, 6) is 0. The van der Waals surface area contributed by atoms with Crippen LogP contribution in [-0.4, -0.2) is 9.55 Å². The van der Waals surface area contributed by atoms with Gasteiger partial charge in [-0.2, -0.15) is 0 Å². The van der Waals surface area contributed by atoms with E-state index in [2.05, 4.69) is 34.7 Å². The summed E-state index contributed by atoms with van der Waals surface area (Å²) in [6, 6.07) is 16.2. The molecule has 1 N–H and O–H groups in total. The first kappa shape index (κ1) is 12.9. The first-order chi connectivity index (χ1) is 10.7. The number of pyridine rings is 1. The lowest BCUT2D eigenvalue weighted by Crippen LogP contribution is -2.07. The van der Waals surface area contributed by atoms with Gasteiger partial charge < -0.3 is 9.55 Å². The number of H-pyrrole nitrogens is 1. The summed E-state index contributed by atoms with van der Waals surface area (Å²) in [6.45, 7) is 4.10. The van der Waals surface area contributed by atoms with Gasteiger partial charge in [0.1, 0.15) is 0 Å². The van der Waals surface area contributed by atoms with Gasteiger partial charge in [-0.1, -0.05) is 36.4 Å². The van der Waals surface area contributed by atoms with Crippen LogP contribution >= 0.6 is 0 Å². The predicted octanol–water partition coefficient (Wildman–Crippen LogP) is 4.09. The molecule has 0 atom stereocenters. The Hall–Kier alpha value is -2.81. The van der Waals surface area contributed by atoms with Crippen molar-refractivity contribution < 1.29 is 0 Å². The van der Waals surface area contributed by atoms with Crippen molar-refractivity contribution in [1.82, 2.24) is 9.55 Å². The quantitative estimate of drug-likeness (QED) is 0.563. The highest BCUT2D eigenvalue weighted by Crippen LogP contribution is 2.27. The smallest absolute Gasteiger partial charge is 0.257 e. The summed E-state index contributed by atoms with van der Waals surface area (Å²) in [5, 5.41) is 1.80. The predicted molar refractivity (Wildman–Crippen MR) is 90.9 cm³/mol. The maximum atomic E-state index is 12.4. The first-order valence-electron chi connectivity index (χ1n) is 7.35. The number of nitrogens with one attached hydrogen (secondary N) is 1. The normalized spacial score (nSPS) is 11.4. The summed E-state index contributed by atoms with van der Waals surface area (Å²) in [5.41, 5.74) is 5.20. The van der Waals surface area contributed by atoms with E-state index in [0.717, 1.165) is 33.1 Å². The highest BCUT2D eigenvalue weighted by atomic mass is 16.1. The molecule has 3 heteroatoms. The van der Waals surface area contributed by atoms with Crippen LogP contribution in [0.25, 0.3) is 27.5 Å². The zero-order valence-corrected chi connectivity index (χ0v) is 12.6. The topological polar surface area (TPSA) is 37.8 Å². The van der Waals surface area contributed by atoms with E-state index in [4.69, 9.17) is 0 Å². The molecule has 0 saturated carbocycles. The summed E-state index contributed by atoms with van der Waals surface area (Å²) in [7, 11) is 0. The second-order valence-electron chi connectivity index (χ2n) is 5.69. The molecule has 0 unspecified atom stereocenters. The zero-order valence-electron chi connectivity index (χ0n) is 12.6. The summed E-state index contributed by atoms with van der Waals surface area (Å²) >= 11 is 0. The second kappa shape index (κ2) is 4.60. The molecule has 0 fully saturated rings. The summed E-state index contributed by atoms with van der Waals surface area (Å²) < 4.78 is 2.11. The molecule has 0 aliphatic rings. The van der Waals surface area contributed by atoms with E-state index in [0.29, 0.717) is 0 Å². The number of nitrogens with zero attached hydrogens (tertiary/aromatic N) is 1. The van der Waals surface area contributed by atoms with Gasteiger partial charge in [-0.25, -0.2) is 0 Å². The lowest BCUT2D eigenvalue weighted by Gasteiger charge is -2.11. The summed E-state index contributed by atoms with van der Waals surface area (Å²) in [4.78, 5) is 15.4. The maximum Gasteiger partial charge on any atom is 0.257 e. The fourth-order valence-corrected chi connectivity index (χ4v) is 3.14. The van der Waals surface area contributed by atoms with Crippen LogP contribution in [0.5, 0.6) is 0 Å². The van der Waals surface area contributed by atoms with Crippen molar-refractivity contribution >= 4 is 21.8 Å². The molecule has 2 aromatic heterocycles. The Bertz CT molecular complexity index is 1070. The number of aromatic amines is 1. The van der Waals surface area contributed by atoms with Gasteiger partial charge in [-0.15, -0.1) is 0 Å². The van der Waals surface area contributed by atoms with Crippen LogP contribution in [0.1, 0.15) is 11.1 Å². The van der Waals surface area contributed by atoms with E-state index in [1.165, 1.54) is 5.56 Å². The van der Waals surface area contributed by atoms with Gasteiger partial charge in [0.2, 0.25) is 0 Å². The third kappa shape index (κ3) is 1.72. The SMILES string of the molecule is Cc1ccccc1-n1ccc2c(=O)[nH]c3c(C)cccc3c21. The minimum Gasteiger partial charge on any atom is -0.321 e. The Kier molecular flexibility index (Phi) is 2.70. The van der Waals surface area contributed by atoms with Crippen LogP contribution in [0.4, 0.5) is 0 Å². The molecule has 0 aliphatic heterocycles. The lowest BCUT2D eigenvalue weighted by atomic mass is 10.1. The van der Waals surface area contributed by atoms with E-state index in [9.17, 15) is 4.79 Å². The van der Waals surface area contributed by atoms with E-state index in [1.807, 2.05) is 43.5 Å². The lowest BCUT2D eigenvalue weighted by molar-refractivity contribution is 1.11. The number of aryl methyl sites for hydroxylation is 2. The molecular weight excluding hydrogens is 272 g/mol. The highest BCUT2D eigenvalue weighted by molar-refractivity contribution is 6.05. The van der Waals surface area contributed by atoms with Gasteiger partial charge in [0.05, 0.1) is 16.4 Å². The number of benzene rings is 2. The van der Waals surface area contributed by atoms with E-state index < -0.39 is 0 Å². The highest BCUT2D eigenvalue weighted by Gasteiger charge is 2.12. The molecule has 2 heterocycles. The number of rotatable bonds is 1. The molecule has 22 heavy (non-hydrogen) atoms. The second-order valence-corrected chi connectivity index (χ2v) is 5.69. The number of para-hydroxylation sites is 2. The molecule has 4 rings (SSSR count). The number of aromatic nitrogens is 2. The Morgan fingerprint density at radius 1 is 0.864 bits per heavy atom. The Labute approximate surface area is 127 Å². The zero-order chi connectivity index (χ0) is 15.3. The van der Waals surface area contributed by atoms with Crippen LogP contribution in [-0.2, 0) is 0 Å². The van der Waals surface area contributed by atoms with Gasteiger partial charge in [-0.05, 0) is 37.1 Å². The number of hydrogen-bond acceptors (Lipinski definition) is 1. The molecule has 4 aromatic rings. The van der Waals surface area contributed by atoms with Crippen LogP contribution in [0.3, 0.4) is 0 Å². The largest absolute Gasteiger partial charge is 0.321 e. The molecule has 0 saturated heterocycles. The Balaban J connectivity index is 2.23. The van der Waals surface area contributed by atoms with Crippen LogP contribution < -0.4 is 5.56 Å². The molecule has 0 amide bonds. The van der Waals surface area contributed by atoms with Gasteiger partial charge in [0.25, 0.3) is 5.56 Å². The standard InChI is InChI=1S/C19H16N2O/c1-12-6-3-4-9-16(12)21-11-10-15-18(21)14-8-5-7-13(2)17(14)20-19(15)22/h3-11H,1-2H3,(H,20,22). The minimum atomic E-state index is -0.0378. The van der Waals surface area contributed by atoms with Crippen molar-refractivity contribution in [2.45, 2.75) is 13.8 Å². The van der Waals surface area contributed by atoms with Gasteiger partial charge in [0.15, 0.2) is 0 Å². The van der Waals surface area contributed by atoms with Crippen molar-refractivity contribution in [2.24, 2.45) is 0 Å². The van der Waals surface area contributed by atoms with Gasteiger partial charge >= 0.3 is 0 Å². The minimum absolute atomic E-state index is 0.0378.